The molecule has 1 fully saturated rings. The Hall–Kier alpha value is -1.18. The van der Waals surface area contributed by atoms with Crippen LogP contribution in [-0.2, 0) is 11.2 Å². The van der Waals surface area contributed by atoms with Crippen LogP contribution in [0.5, 0.6) is 0 Å². The van der Waals surface area contributed by atoms with Gasteiger partial charge < -0.3 is 0 Å². The molecule has 1 aliphatic carbocycles. The van der Waals surface area contributed by atoms with E-state index in [9.17, 15) is 9.18 Å². The minimum atomic E-state index is -0.220. The number of Topliss-reactive ketones (excluding diaryl/α,β-unsaturated/α-hetero) is 1. The molecule has 0 spiro atoms. The zero-order valence-electron chi connectivity index (χ0n) is 8.00. The van der Waals surface area contributed by atoms with E-state index in [4.69, 9.17) is 0 Å². The monoisotopic (exact) mass is 192 g/mol. The molecule has 0 amide bonds. The number of halogens is 1. The summed E-state index contributed by atoms with van der Waals surface area (Å²) < 4.78 is 12.6. The van der Waals surface area contributed by atoms with Crippen molar-refractivity contribution >= 4 is 5.78 Å². The van der Waals surface area contributed by atoms with E-state index in [-0.39, 0.29) is 5.82 Å². The predicted molar refractivity (Wildman–Crippen MR) is 52.5 cm³/mol. The number of benzene rings is 1. The standard InChI is InChI=1S/C12H13FO/c13-11-6-1-9(2-7-11)3-8-12(14)10-4-5-10/h1-2,6-7,10H,3-5,8H2. The largest absolute Gasteiger partial charge is 0.299 e. The predicted octanol–water partition coefficient (Wildman–Crippen LogP) is 2.74. The van der Waals surface area contributed by atoms with Gasteiger partial charge in [0.2, 0.25) is 0 Å². The van der Waals surface area contributed by atoms with Gasteiger partial charge in [-0.15, -0.1) is 0 Å². The van der Waals surface area contributed by atoms with Gasteiger partial charge in [0.25, 0.3) is 0 Å². The molecule has 0 unspecified atom stereocenters. The molecule has 2 heteroatoms. The van der Waals surface area contributed by atoms with Crippen LogP contribution in [-0.4, -0.2) is 5.78 Å². The van der Waals surface area contributed by atoms with Crippen LogP contribution >= 0.6 is 0 Å². The van der Waals surface area contributed by atoms with Crippen molar-refractivity contribution in [1.29, 1.82) is 0 Å². The maximum absolute atomic E-state index is 12.6. The summed E-state index contributed by atoms with van der Waals surface area (Å²) in [6.45, 7) is 0. The van der Waals surface area contributed by atoms with Gasteiger partial charge in [-0.1, -0.05) is 12.1 Å². The summed E-state index contributed by atoms with van der Waals surface area (Å²) in [4.78, 5) is 11.4. The van der Waals surface area contributed by atoms with Gasteiger partial charge in [0.05, 0.1) is 0 Å². The van der Waals surface area contributed by atoms with Gasteiger partial charge in [-0.3, -0.25) is 4.79 Å². The third-order valence-corrected chi connectivity index (χ3v) is 2.61. The summed E-state index contributed by atoms with van der Waals surface area (Å²) in [6, 6.07) is 6.37. The molecule has 74 valence electrons. The second-order valence-corrected chi connectivity index (χ2v) is 3.87. The van der Waals surface area contributed by atoms with Crippen molar-refractivity contribution in [3.05, 3.63) is 35.6 Å². The lowest BCUT2D eigenvalue weighted by atomic mass is 10.1. The molecule has 1 aromatic carbocycles. The van der Waals surface area contributed by atoms with E-state index in [1.165, 1.54) is 12.1 Å². The molecule has 0 atom stereocenters. The molecule has 0 aromatic heterocycles. The van der Waals surface area contributed by atoms with Crippen LogP contribution < -0.4 is 0 Å². The lowest BCUT2D eigenvalue weighted by molar-refractivity contribution is -0.120. The Labute approximate surface area is 82.9 Å². The summed E-state index contributed by atoms with van der Waals surface area (Å²) in [6.07, 6.45) is 3.50. The van der Waals surface area contributed by atoms with Gasteiger partial charge in [-0.25, -0.2) is 4.39 Å². The first-order valence-electron chi connectivity index (χ1n) is 5.03. The van der Waals surface area contributed by atoms with E-state index < -0.39 is 0 Å². The molecule has 14 heavy (non-hydrogen) atoms. The van der Waals surface area contributed by atoms with Gasteiger partial charge in [0, 0.05) is 12.3 Å². The second-order valence-electron chi connectivity index (χ2n) is 3.87. The number of ketones is 1. The third kappa shape index (κ3) is 2.41. The number of hydrogen-bond acceptors (Lipinski definition) is 1. The normalized spacial score (nSPS) is 15.5. The molecule has 0 bridgehead atoms. The summed E-state index contributed by atoms with van der Waals surface area (Å²) >= 11 is 0. The smallest absolute Gasteiger partial charge is 0.136 e. The maximum atomic E-state index is 12.6. The van der Waals surface area contributed by atoms with Crippen molar-refractivity contribution < 1.29 is 9.18 Å². The Morgan fingerprint density at radius 2 is 1.93 bits per heavy atom. The van der Waals surface area contributed by atoms with Crippen LogP contribution in [0.1, 0.15) is 24.8 Å². The summed E-state index contributed by atoms with van der Waals surface area (Å²) in [7, 11) is 0. The Morgan fingerprint density at radius 1 is 1.29 bits per heavy atom. The molecule has 2 rings (SSSR count). The summed E-state index contributed by atoms with van der Waals surface area (Å²) in [5, 5.41) is 0. The van der Waals surface area contributed by atoms with E-state index in [2.05, 4.69) is 0 Å². The molecule has 0 heterocycles. The number of rotatable bonds is 4. The number of carbonyl (C=O) groups excluding carboxylic acids is 1. The van der Waals surface area contributed by atoms with E-state index in [1.54, 1.807) is 12.1 Å². The van der Waals surface area contributed by atoms with Crippen molar-refractivity contribution in [3.8, 4) is 0 Å². The van der Waals surface area contributed by atoms with Gasteiger partial charge >= 0.3 is 0 Å². The fraction of sp³-hybridized carbons (Fsp3) is 0.417. The molecule has 0 saturated heterocycles. The van der Waals surface area contributed by atoms with Crippen molar-refractivity contribution in [2.75, 3.05) is 0 Å². The van der Waals surface area contributed by atoms with Gasteiger partial charge in [-0.05, 0) is 37.0 Å². The van der Waals surface area contributed by atoms with Crippen LogP contribution in [0.3, 0.4) is 0 Å². The molecule has 1 nitrogen and oxygen atoms in total. The molecule has 1 aromatic rings. The first-order valence-corrected chi connectivity index (χ1v) is 5.03. The zero-order chi connectivity index (χ0) is 9.97. The SMILES string of the molecule is O=C(CCc1ccc(F)cc1)C1CC1. The quantitative estimate of drug-likeness (QED) is 0.716. The Bertz CT molecular complexity index is 325. The lowest BCUT2D eigenvalue weighted by Crippen LogP contribution is -2.01. The van der Waals surface area contributed by atoms with E-state index in [1.807, 2.05) is 0 Å². The highest BCUT2D eigenvalue weighted by Gasteiger charge is 2.28. The first-order chi connectivity index (χ1) is 6.75. The van der Waals surface area contributed by atoms with Crippen molar-refractivity contribution in [1.82, 2.24) is 0 Å². The average Bonchev–Trinajstić information content (AvgIpc) is 3.00. The van der Waals surface area contributed by atoms with Crippen LogP contribution in [0.15, 0.2) is 24.3 Å². The van der Waals surface area contributed by atoms with E-state index in [0.29, 0.717) is 18.1 Å². The zero-order valence-corrected chi connectivity index (χ0v) is 8.00. The molecular weight excluding hydrogens is 179 g/mol. The summed E-state index contributed by atoms with van der Waals surface area (Å²) in [5.74, 6) is 0.493. The lowest BCUT2D eigenvalue weighted by Gasteiger charge is -1.99. The first kappa shape index (κ1) is 9.38. The molecule has 0 aliphatic heterocycles. The Kier molecular flexibility index (Phi) is 2.62. The average molecular weight is 192 g/mol. The molecule has 0 N–H and O–H groups in total. The van der Waals surface area contributed by atoms with E-state index in [0.717, 1.165) is 24.8 Å². The highest BCUT2D eigenvalue weighted by Crippen LogP contribution is 2.31. The number of aryl methyl sites for hydroxylation is 1. The van der Waals surface area contributed by atoms with Gasteiger partial charge in [0.15, 0.2) is 0 Å². The van der Waals surface area contributed by atoms with Crippen LogP contribution in [0.25, 0.3) is 0 Å². The van der Waals surface area contributed by atoms with Gasteiger partial charge in [0.1, 0.15) is 11.6 Å². The number of hydrogen-bond donors (Lipinski definition) is 0. The number of carbonyl (C=O) groups is 1. The molecule has 0 radical (unpaired) electrons. The third-order valence-electron chi connectivity index (χ3n) is 2.61. The Morgan fingerprint density at radius 3 is 2.50 bits per heavy atom. The molecular formula is C12H13FO. The topological polar surface area (TPSA) is 17.1 Å². The van der Waals surface area contributed by atoms with Crippen LogP contribution in [0.2, 0.25) is 0 Å². The molecule has 1 saturated carbocycles. The van der Waals surface area contributed by atoms with Gasteiger partial charge in [-0.2, -0.15) is 0 Å². The van der Waals surface area contributed by atoms with Crippen molar-refractivity contribution in [2.24, 2.45) is 5.92 Å². The summed E-state index contributed by atoms with van der Waals surface area (Å²) in [5.41, 5.74) is 1.04. The van der Waals surface area contributed by atoms with Crippen molar-refractivity contribution in [3.63, 3.8) is 0 Å². The highest BCUT2D eigenvalue weighted by molar-refractivity contribution is 5.83. The van der Waals surface area contributed by atoms with E-state index >= 15 is 0 Å². The fourth-order valence-electron chi connectivity index (χ4n) is 1.53. The van der Waals surface area contributed by atoms with Crippen LogP contribution in [0, 0.1) is 11.7 Å². The fourth-order valence-corrected chi connectivity index (χ4v) is 1.53. The molecule has 1 aliphatic rings. The maximum Gasteiger partial charge on any atom is 0.136 e. The Balaban J connectivity index is 1.85. The van der Waals surface area contributed by atoms with Crippen LogP contribution in [0.4, 0.5) is 4.39 Å². The highest BCUT2D eigenvalue weighted by atomic mass is 19.1. The van der Waals surface area contributed by atoms with Crippen molar-refractivity contribution in [2.45, 2.75) is 25.7 Å². The minimum absolute atomic E-state index is 0.220. The second kappa shape index (κ2) is 3.91. The minimum Gasteiger partial charge on any atom is -0.299 e.